The molecule has 4 heteroatoms. The van der Waals surface area contributed by atoms with E-state index in [1.807, 2.05) is 18.2 Å². The van der Waals surface area contributed by atoms with Gasteiger partial charge in [-0.05, 0) is 12.2 Å². The Morgan fingerprint density at radius 1 is 1.42 bits per heavy atom. The Morgan fingerprint density at radius 3 is 2.92 bits per heavy atom. The summed E-state index contributed by atoms with van der Waals surface area (Å²) >= 11 is 0. The number of nitrogens with one attached hydrogen (secondary N) is 1. The molecule has 0 aliphatic heterocycles. The van der Waals surface area contributed by atoms with Gasteiger partial charge in [0.15, 0.2) is 0 Å². The molecule has 1 aromatic rings. The van der Waals surface area contributed by atoms with Gasteiger partial charge in [-0.25, -0.2) is 4.68 Å². The molecular formula is C8H8N4. The topological polar surface area (TPSA) is 42.7 Å². The van der Waals surface area contributed by atoms with Crippen molar-refractivity contribution in [3.8, 4) is 0 Å². The number of rotatable bonds is 3. The van der Waals surface area contributed by atoms with Crippen LogP contribution in [0.1, 0.15) is 0 Å². The average Bonchev–Trinajstić information content (AvgIpc) is 2.74. The molecule has 2 rings (SSSR count). The molecule has 0 atom stereocenters. The van der Waals surface area contributed by atoms with Gasteiger partial charge < -0.3 is 5.43 Å². The molecular weight excluding hydrogens is 152 g/mol. The number of nitrogens with zero attached hydrogens (tertiary/aromatic N) is 3. The van der Waals surface area contributed by atoms with Gasteiger partial charge in [-0.1, -0.05) is 6.08 Å². The number of hydrogen-bond donors (Lipinski definition) is 1. The van der Waals surface area contributed by atoms with Crippen LogP contribution in [0, 0.1) is 0 Å². The summed E-state index contributed by atoms with van der Waals surface area (Å²) < 4.78 is 1.71. The summed E-state index contributed by atoms with van der Waals surface area (Å²) in [6.45, 7) is 0.741. The first-order valence-electron chi connectivity index (χ1n) is 3.66. The highest BCUT2D eigenvalue weighted by Gasteiger charge is 1.93. The maximum atomic E-state index is 3.66. The first kappa shape index (κ1) is 6.88. The van der Waals surface area contributed by atoms with Crippen LogP contribution in [0.3, 0.4) is 0 Å². The van der Waals surface area contributed by atoms with Crippen molar-refractivity contribution in [2.45, 2.75) is 0 Å². The first-order chi connectivity index (χ1) is 5.95. The second-order valence-electron chi connectivity index (χ2n) is 2.40. The van der Waals surface area contributed by atoms with Crippen LogP contribution in [-0.2, 0) is 0 Å². The second-order valence-corrected chi connectivity index (χ2v) is 2.40. The molecule has 0 aromatic carbocycles. The maximum Gasteiger partial charge on any atom is 0.138 e. The van der Waals surface area contributed by atoms with E-state index in [2.05, 4.69) is 21.4 Å². The molecule has 0 saturated carbocycles. The predicted molar refractivity (Wildman–Crippen MR) is 45.0 cm³/mol. The van der Waals surface area contributed by atoms with Crippen LogP contribution in [-0.4, -0.2) is 21.4 Å². The van der Waals surface area contributed by atoms with Crippen molar-refractivity contribution >= 4 is 0 Å². The van der Waals surface area contributed by atoms with Crippen LogP contribution >= 0.6 is 0 Å². The standard InChI is InChI=1S/C8H8N4/c1-2-4-8(3-1)5-11-12-6-9-10-7-12/h1-3,6-7,11H,5H2. The van der Waals surface area contributed by atoms with E-state index in [9.17, 15) is 0 Å². The van der Waals surface area contributed by atoms with E-state index < -0.39 is 0 Å². The molecule has 1 aromatic heterocycles. The zero-order chi connectivity index (χ0) is 8.23. The van der Waals surface area contributed by atoms with E-state index >= 15 is 0 Å². The largest absolute Gasteiger partial charge is 0.318 e. The van der Waals surface area contributed by atoms with Crippen LogP contribution < -0.4 is 5.43 Å². The van der Waals surface area contributed by atoms with E-state index in [1.165, 1.54) is 0 Å². The molecule has 0 radical (unpaired) electrons. The number of aromatic nitrogens is 3. The Bertz CT molecular complexity index is 341. The highest BCUT2D eigenvalue weighted by Crippen LogP contribution is 1.99. The molecule has 0 bridgehead atoms. The van der Waals surface area contributed by atoms with E-state index in [0.29, 0.717) is 0 Å². The molecule has 1 aliphatic rings. The number of hydrogen-bond acceptors (Lipinski definition) is 3. The SMILES string of the molecule is C1=CC=CC=1CNn1cnnc1. The van der Waals surface area contributed by atoms with Gasteiger partial charge in [-0.3, -0.25) is 0 Å². The lowest BCUT2D eigenvalue weighted by Gasteiger charge is -2.03. The van der Waals surface area contributed by atoms with Gasteiger partial charge in [0.25, 0.3) is 0 Å². The minimum atomic E-state index is 0.741. The Labute approximate surface area is 69.9 Å². The van der Waals surface area contributed by atoms with E-state index in [1.54, 1.807) is 17.3 Å². The Kier molecular flexibility index (Phi) is 1.76. The van der Waals surface area contributed by atoms with Crippen molar-refractivity contribution in [1.29, 1.82) is 0 Å². The lowest BCUT2D eigenvalue weighted by Crippen LogP contribution is -2.14. The monoisotopic (exact) mass is 160 g/mol. The quantitative estimate of drug-likeness (QED) is 0.654. The molecule has 0 fully saturated rings. The van der Waals surface area contributed by atoms with Crippen LogP contribution in [0.5, 0.6) is 0 Å². The molecule has 1 aliphatic carbocycles. The molecule has 0 saturated heterocycles. The smallest absolute Gasteiger partial charge is 0.138 e. The lowest BCUT2D eigenvalue weighted by molar-refractivity contribution is 0.875. The predicted octanol–water partition coefficient (Wildman–Crippen LogP) is 0.473. The second kappa shape index (κ2) is 3.07. The average molecular weight is 160 g/mol. The molecule has 1 heterocycles. The molecule has 60 valence electrons. The third-order valence-electron chi connectivity index (χ3n) is 1.53. The summed E-state index contributed by atoms with van der Waals surface area (Å²) in [6, 6.07) is 0. The van der Waals surface area contributed by atoms with Crippen molar-refractivity contribution in [3.05, 3.63) is 42.2 Å². The summed E-state index contributed by atoms with van der Waals surface area (Å²) in [5.41, 5.74) is 7.30. The summed E-state index contributed by atoms with van der Waals surface area (Å²) in [5.74, 6) is 0. The van der Waals surface area contributed by atoms with Gasteiger partial charge in [0.05, 0.1) is 6.54 Å². The van der Waals surface area contributed by atoms with Crippen molar-refractivity contribution < 1.29 is 0 Å². The third kappa shape index (κ3) is 1.44. The normalized spacial score (nSPS) is 13.5. The molecule has 12 heavy (non-hydrogen) atoms. The lowest BCUT2D eigenvalue weighted by atomic mass is 10.3. The zero-order valence-electron chi connectivity index (χ0n) is 6.44. The summed E-state index contributed by atoms with van der Waals surface area (Å²) in [6.07, 6.45) is 9.09. The zero-order valence-corrected chi connectivity index (χ0v) is 6.44. The van der Waals surface area contributed by atoms with Crippen molar-refractivity contribution in [2.75, 3.05) is 12.0 Å². The van der Waals surface area contributed by atoms with Crippen LogP contribution in [0.4, 0.5) is 0 Å². The highest BCUT2D eigenvalue weighted by atomic mass is 15.5. The van der Waals surface area contributed by atoms with Gasteiger partial charge in [-0.2, -0.15) is 0 Å². The van der Waals surface area contributed by atoms with Gasteiger partial charge in [0.2, 0.25) is 0 Å². The summed E-state index contributed by atoms with van der Waals surface area (Å²) in [5, 5.41) is 7.32. The van der Waals surface area contributed by atoms with Gasteiger partial charge in [0.1, 0.15) is 12.7 Å². The molecule has 1 N–H and O–H groups in total. The Morgan fingerprint density at radius 2 is 2.25 bits per heavy atom. The Hall–Kier alpha value is -1.80. The Balaban J connectivity index is 1.91. The molecule has 0 amide bonds. The van der Waals surface area contributed by atoms with Crippen molar-refractivity contribution in [1.82, 2.24) is 14.9 Å². The summed E-state index contributed by atoms with van der Waals surface area (Å²) in [7, 11) is 0. The van der Waals surface area contributed by atoms with Crippen molar-refractivity contribution in [3.63, 3.8) is 0 Å². The highest BCUT2D eigenvalue weighted by molar-refractivity contribution is 5.30. The van der Waals surface area contributed by atoms with Crippen LogP contribution in [0.2, 0.25) is 0 Å². The van der Waals surface area contributed by atoms with E-state index in [4.69, 9.17) is 0 Å². The fraction of sp³-hybridized carbons (Fsp3) is 0.125. The minimum Gasteiger partial charge on any atom is -0.318 e. The fourth-order valence-corrected chi connectivity index (χ4v) is 0.936. The molecule has 0 unspecified atom stereocenters. The number of allylic oxidation sites excluding steroid dienone is 1. The van der Waals surface area contributed by atoms with Gasteiger partial charge >= 0.3 is 0 Å². The fourth-order valence-electron chi connectivity index (χ4n) is 0.936. The van der Waals surface area contributed by atoms with Crippen molar-refractivity contribution in [2.24, 2.45) is 0 Å². The van der Waals surface area contributed by atoms with Gasteiger partial charge in [-0.15, -0.1) is 15.9 Å². The maximum absolute atomic E-state index is 3.66. The molecule has 4 nitrogen and oxygen atoms in total. The summed E-state index contributed by atoms with van der Waals surface area (Å²) in [4.78, 5) is 0. The van der Waals surface area contributed by atoms with E-state index in [0.717, 1.165) is 12.1 Å². The third-order valence-corrected chi connectivity index (χ3v) is 1.53. The molecule has 0 spiro atoms. The minimum absolute atomic E-state index is 0.741. The van der Waals surface area contributed by atoms with Gasteiger partial charge in [0, 0.05) is 5.57 Å². The first-order valence-corrected chi connectivity index (χ1v) is 3.66. The van der Waals surface area contributed by atoms with E-state index in [-0.39, 0.29) is 0 Å². The van der Waals surface area contributed by atoms with Crippen LogP contribution in [0.15, 0.2) is 42.2 Å². The van der Waals surface area contributed by atoms with Crippen LogP contribution in [0.25, 0.3) is 0 Å².